The van der Waals surface area contributed by atoms with Crippen LogP contribution in [0.3, 0.4) is 0 Å². The summed E-state index contributed by atoms with van der Waals surface area (Å²) in [6.45, 7) is 3.14. The number of aromatic nitrogens is 2. The van der Waals surface area contributed by atoms with Gasteiger partial charge in [0.1, 0.15) is 0 Å². The molecule has 138 valence electrons. The number of halogens is 1. The second kappa shape index (κ2) is 8.40. The molecular weight excluding hydrogens is 346 g/mol. The molecule has 2 aromatic rings. The van der Waals surface area contributed by atoms with Gasteiger partial charge in [-0.2, -0.15) is 4.98 Å². The third kappa shape index (κ3) is 3.99. The van der Waals surface area contributed by atoms with Gasteiger partial charge in [0.15, 0.2) is 11.5 Å². The fourth-order valence-corrected chi connectivity index (χ4v) is 3.08. The molecule has 8 heteroatoms. The lowest BCUT2D eigenvalue weighted by atomic mass is 9.93. The number of methoxy groups -OCH3 is 3. The summed E-state index contributed by atoms with van der Waals surface area (Å²) < 4.78 is 21.6. The van der Waals surface area contributed by atoms with Crippen molar-refractivity contribution < 1.29 is 18.7 Å². The molecule has 1 saturated heterocycles. The number of hydrogen-bond donors (Lipinski definition) is 1. The molecule has 0 unspecified atom stereocenters. The van der Waals surface area contributed by atoms with E-state index in [1.54, 1.807) is 21.3 Å². The number of ether oxygens (including phenoxy) is 3. The smallest absolute Gasteiger partial charge is 0.230 e. The van der Waals surface area contributed by atoms with E-state index >= 15 is 0 Å². The molecule has 3 rings (SSSR count). The summed E-state index contributed by atoms with van der Waals surface area (Å²) in [6.07, 6.45) is 2.00. The van der Waals surface area contributed by atoms with Crippen LogP contribution in [0.5, 0.6) is 17.2 Å². The fraction of sp³-hybridized carbons (Fsp3) is 0.529. The Labute approximate surface area is 153 Å². The minimum atomic E-state index is 0. The van der Waals surface area contributed by atoms with Gasteiger partial charge in [0, 0.05) is 17.5 Å². The normalized spacial score (nSPS) is 19.8. The molecule has 1 aliphatic heterocycles. The lowest BCUT2D eigenvalue weighted by Crippen LogP contribution is -2.34. The number of piperidine rings is 1. The molecule has 1 aromatic carbocycles. The summed E-state index contributed by atoms with van der Waals surface area (Å²) in [5.74, 6) is 3.18. The molecule has 1 aromatic heterocycles. The monoisotopic (exact) mass is 369 g/mol. The number of nitrogens with zero attached hydrogens (tertiary/aromatic N) is 2. The third-order valence-electron chi connectivity index (χ3n) is 4.34. The van der Waals surface area contributed by atoms with Crippen molar-refractivity contribution in [1.29, 1.82) is 0 Å². The Bertz CT molecular complexity index is 682. The van der Waals surface area contributed by atoms with Gasteiger partial charge in [0.05, 0.1) is 21.3 Å². The molecule has 0 bridgehead atoms. The van der Waals surface area contributed by atoms with Crippen LogP contribution < -0.4 is 19.5 Å². The summed E-state index contributed by atoms with van der Waals surface area (Å²) >= 11 is 0. The van der Waals surface area contributed by atoms with Crippen molar-refractivity contribution in [2.24, 2.45) is 0 Å². The molecule has 2 atom stereocenters. The number of benzene rings is 1. The predicted octanol–water partition coefficient (Wildman–Crippen LogP) is 3.04. The van der Waals surface area contributed by atoms with Crippen LogP contribution in [-0.4, -0.2) is 44.1 Å². The summed E-state index contributed by atoms with van der Waals surface area (Å²) in [5.41, 5.74) is 0.765. The SMILES string of the molecule is COc1cc(-c2noc([C@H]3CCN[C@@H](C)C3)n2)cc(OC)c1OC.Cl. The Morgan fingerprint density at radius 2 is 1.80 bits per heavy atom. The van der Waals surface area contributed by atoms with Crippen molar-refractivity contribution in [3.8, 4) is 28.6 Å². The van der Waals surface area contributed by atoms with Crippen LogP contribution >= 0.6 is 12.4 Å². The maximum Gasteiger partial charge on any atom is 0.230 e. The van der Waals surface area contributed by atoms with Gasteiger partial charge < -0.3 is 24.1 Å². The van der Waals surface area contributed by atoms with Gasteiger partial charge in [-0.25, -0.2) is 0 Å². The molecule has 0 saturated carbocycles. The first kappa shape index (κ1) is 19.3. The minimum Gasteiger partial charge on any atom is -0.493 e. The highest BCUT2D eigenvalue weighted by Gasteiger charge is 2.25. The molecule has 0 spiro atoms. The molecule has 7 nitrogen and oxygen atoms in total. The first-order chi connectivity index (χ1) is 11.7. The van der Waals surface area contributed by atoms with E-state index in [4.69, 9.17) is 18.7 Å². The van der Waals surface area contributed by atoms with E-state index in [9.17, 15) is 0 Å². The molecule has 2 heterocycles. The third-order valence-corrected chi connectivity index (χ3v) is 4.34. The predicted molar refractivity (Wildman–Crippen MR) is 96.1 cm³/mol. The van der Waals surface area contributed by atoms with Gasteiger partial charge in [-0.3, -0.25) is 0 Å². The molecule has 1 fully saturated rings. The maximum absolute atomic E-state index is 5.51. The van der Waals surface area contributed by atoms with Crippen LogP contribution in [0, 0.1) is 0 Å². The van der Waals surface area contributed by atoms with Crippen LogP contribution in [0.1, 0.15) is 31.6 Å². The van der Waals surface area contributed by atoms with Gasteiger partial charge >= 0.3 is 0 Å². The Morgan fingerprint density at radius 3 is 2.36 bits per heavy atom. The van der Waals surface area contributed by atoms with Gasteiger partial charge in [-0.1, -0.05) is 5.16 Å². The highest BCUT2D eigenvalue weighted by molar-refractivity contribution is 5.85. The number of nitrogens with one attached hydrogen (secondary N) is 1. The number of rotatable bonds is 5. The second-order valence-corrected chi connectivity index (χ2v) is 5.95. The van der Waals surface area contributed by atoms with Crippen LogP contribution in [0.15, 0.2) is 16.7 Å². The Hall–Kier alpha value is -1.99. The molecule has 0 amide bonds. The highest BCUT2D eigenvalue weighted by atomic mass is 35.5. The van der Waals surface area contributed by atoms with E-state index in [-0.39, 0.29) is 12.4 Å². The topological polar surface area (TPSA) is 78.6 Å². The lowest BCUT2D eigenvalue weighted by molar-refractivity contribution is 0.295. The maximum atomic E-state index is 5.51. The second-order valence-electron chi connectivity index (χ2n) is 5.95. The zero-order valence-electron chi connectivity index (χ0n) is 14.9. The fourth-order valence-electron chi connectivity index (χ4n) is 3.08. The average Bonchev–Trinajstić information content (AvgIpc) is 3.10. The lowest BCUT2D eigenvalue weighted by Gasteiger charge is -2.25. The van der Waals surface area contributed by atoms with Gasteiger partial charge in [0.25, 0.3) is 0 Å². The van der Waals surface area contributed by atoms with Crippen LogP contribution in [-0.2, 0) is 0 Å². The number of hydrogen-bond acceptors (Lipinski definition) is 7. The average molecular weight is 370 g/mol. The van der Waals surface area contributed by atoms with E-state index in [1.165, 1.54) is 0 Å². The molecule has 0 radical (unpaired) electrons. The van der Waals surface area contributed by atoms with Crippen molar-refractivity contribution in [1.82, 2.24) is 15.5 Å². The summed E-state index contributed by atoms with van der Waals surface area (Å²) in [5, 5.41) is 7.56. The van der Waals surface area contributed by atoms with E-state index in [0.29, 0.717) is 40.9 Å². The van der Waals surface area contributed by atoms with Crippen molar-refractivity contribution >= 4 is 12.4 Å². The van der Waals surface area contributed by atoms with Crippen molar-refractivity contribution in [3.63, 3.8) is 0 Å². The summed E-state index contributed by atoms with van der Waals surface area (Å²) in [6, 6.07) is 4.10. The molecule has 25 heavy (non-hydrogen) atoms. The zero-order valence-corrected chi connectivity index (χ0v) is 15.7. The van der Waals surface area contributed by atoms with E-state index in [1.807, 2.05) is 12.1 Å². The zero-order chi connectivity index (χ0) is 17.1. The molecule has 1 aliphatic rings. The standard InChI is InChI=1S/C17H23N3O4.ClH/c1-10-7-11(5-6-18-10)17-19-16(20-24-17)12-8-13(21-2)15(23-4)14(9-12)22-3;/h8-11,18H,5-7H2,1-4H3;1H/t10-,11-;/m0./s1. The first-order valence-electron chi connectivity index (χ1n) is 8.03. The van der Waals surface area contributed by atoms with E-state index in [0.717, 1.165) is 24.9 Å². The van der Waals surface area contributed by atoms with Crippen molar-refractivity contribution in [2.45, 2.75) is 31.7 Å². The quantitative estimate of drug-likeness (QED) is 0.867. The molecular formula is C17H24ClN3O4. The molecule has 1 N–H and O–H groups in total. The first-order valence-corrected chi connectivity index (χ1v) is 8.03. The summed E-state index contributed by atoms with van der Waals surface area (Å²) in [4.78, 5) is 4.59. The largest absolute Gasteiger partial charge is 0.493 e. The summed E-state index contributed by atoms with van der Waals surface area (Å²) in [7, 11) is 4.74. The van der Waals surface area contributed by atoms with E-state index in [2.05, 4.69) is 22.4 Å². The van der Waals surface area contributed by atoms with Crippen molar-refractivity contribution in [2.75, 3.05) is 27.9 Å². The highest BCUT2D eigenvalue weighted by Crippen LogP contribution is 2.40. The minimum absolute atomic E-state index is 0. The van der Waals surface area contributed by atoms with Gasteiger partial charge in [-0.05, 0) is 38.4 Å². The Balaban J connectivity index is 0.00000225. The Morgan fingerprint density at radius 1 is 1.12 bits per heavy atom. The van der Waals surface area contributed by atoms with Crippen molar-refractivity contribution in [3.05, 3.63) is 18.0 Å². The molecule has 0 aliphatic carbocycles. The van der Waals surface area contributed by atoms with Crippen LogP contribution in [0.2, 0.25) is 0 Å². The van der Waals surface area contributed by atoms with Crippen LogP contribution in [0.25, 0.3) is 11.4 Å². The van der Waals surface area contributed by atoms with Gasteiger partial charge in [-0.15, -0.1) is 12.4 Å². The Kier molecular flexibility index (Phi) is 6.50. The van der Waals surface area contributed by atoms with Gasteiger partial charge in [0.2, 0.25) is 17.5 Å². The van der Waals surface area contributed by atoms with Crippen LogP contribution in [0.4, 0.5) is 0 Å². The van der Waals surface area contributed by atoms with E-state index < -0.39 is 0 Å².